The highest BCUT2D eigenvalue weighted by Crippen LogP contribution is 2.14. The number of carboxylic acids is 1. The Bertz CT molecular complexity index is 210. The third-order valence-electron chi connectivity index (χ3n) is 2.05. The minimum atomic E-state index is -0.811. The van der Waals surface area contributed by atoms with E-state index in [0.717, 1.165) is 19.4 Å². The summed E-state index contributed by atoms with van der Waals surface area (Å²) >= 11 is 0. The first kappa shape index (κ1) is 9.01. The smallest absolute Gasteiger partial charge is 0.317 e. The fraction of sp³-hybridized carbons (Fsp3) is 0.750. The van der Waals surface area contributed by atoms with E-state index in [2.05, 4.69) is 6.07 Å². The monoisotopic (exact) mass is 168 g/mol. The molecule has 1 unspecified atom stereocenters. The lowest BCUT2D eigenvalue weighted by Crippen LogP contribution is -2.38. The summed E-state index contributed by atoms with van der Waals surface area (Å²) in [5, 5.41) is 17.1. The zero-order valence-corrected chi connectivity index (χ0v) is 6.86. The first-order chi connectivity index (χ1) is 5.72. The summed E-state index contributed by atoms with van der Waals surface area (Å²) in [5.74, 6) is -0.785. The summed E-state index contributed by atoms with van der Waals surface area (Å²) in [6.07, 6.45) is 1.85. The van der Waals surface area contributed by atoms with Gasteiger partial charge in [0.05, 0.1) is 18.5 Å². The van der Waals surface area contributed by atoms with Crippen LogP contribution in [0.3, 0.4) is 0 Å². The summed E-state index contributed by atoms with van der Waals surface area (Å²) in [5.41, 5.74) is 0. The van der Waals surface area contributed by atoms with Gasteiger partial charge in [0.25, 0.3) is 0 Å². The largest absolute Gasteiger partial charge is 0.480 e. The second-order valence-corrected chi connectivity index (χ2v) is 3.10. The first-order valence-electron chi connectivity index (χ1n) is 4.06. The maximum absolute atomic E-state index is 10.3. The van der Waals surface area contributed by atoms with Crippen molar-refractivity contribution >= 4 is 5.97 Å². The number of carbonyl (C=O) groups is 1. The zero-order chi connectivity index (χ0) is 8.97. The van der Waals surface area contributed by atoms with E-state index in [1.807, 2.05) is 4.90 Å². The van der Waals surface area contributed by atoms with Crippen molar-refractivity contribution in [2.45, 2.75) is 12.8 Å². The van der Waals surface area contributed by atoms with Gasteiger partial charge < -0.3 is 5.11 Å². The van der Waals surface area contributed by atoms with Crippen LogP contribution in [-0.2, 0) is 4.79 Å². The lowest BCUT2D eigenvalue weighted by molar-refractivity contribution is -0.138. The van der Waals surface area contributed by atoms with Crippen molar-refractivity contribution in [3.63, 3.8) is 0 Å². The van der Waals surface area contributed by atoms with Crippen molar-refractivity contribution in [1.29, 1.82) is 5.26 Å². The van der Waals surface area contributed by atoms with Gasteiger partial charge in [0.1, 0.15) is 0 Å². The summed E-state index contributed by atoms with van der Waals surface area (Å²) in [6, 6.07) is 2.17. The molecule has 0 aliphatic carbocycles. The number of nitrogens with zero attached hydrogens (tertiary/aromatic N) is 2. The van der Waals surface area contributed by atoms with Crippen LogP contribution in [0.4, 0.5) is 0 Å². The molecule has 4 nitrogen and oxygen atoms in total. The molecular weight excluding hydrogens is 156 g/mol. The lowest BCUT2D eigenvalue weighted by atomic mass is 10.00. The second-order valence-electron chi connectivity index (χ2n) is 3.10. The molecule has 1 N–H and O–H groups in total. The topological polar surface area (TPSA) is 64.3 Å². The van der Waals surface area contributed by atoms with Crippen LogP contribution in [0.2, 0.25) is 0 Å². The van der Waals surface area contributed by atoms with Gasteiger partial charge in [0.2, 0.25) is 0 Å². The van der Waals surface area contributed by atoms with Crippen molar-refractivity contribution in [2.75, 3.05) is 19.6 Å². The van der Waals surface area contributed by atoms with Crippen LogP contribution in [-0.4, -0.2) is 35.6 Å². The van der Waals surface area contributed by atoms with Crippen LogP contribution < -0.4 is 0 Å². The molecule has 0 aromatic rings. The Hall–Kier alpha value is -1.08. The molecule has 4 heteroatoms. The first-order valence-corrected chi connectivity index (χ1v) is 4.06. The average Bonchev–Trinajstić information content (AvgIpc) is 2.03. The molecule has 1 saturated heterocycles. The molecule has 1 heterocycles. The third kappa shape index (κ3) is 2.51. The van der Waals surface area contributed by atoms with Crippen LogP contribution in [0.5, 0.6) is 0 Å². The number of nitriles is 1. The van der Waals surface area contributed by atoms with Crippen molar-refractivity contribution in [3.8, 4) is 6.07 Å². The number of piperidine rings is 1. The zero-order valence-electron chi connectivity index (χ0n) is 6.86. The van der Waals surface area contributed by atoms with Crippen LogP contribution >= 0.6 is 0 Å². The Balaban J connectivity index is 2.36. The summed E-state index contributed by atoms with van der Waals surface area (Å²) in [7, 11) is 0. The number of carboxylic acid groups (broad SMARTS) is 1. The Kier molecular flexibility index (Phi) is 3.06. The predicted octanol–water partition coefficient (Wildman–Crippen LogP) is 0.307. The van der Waals surface area contributed by atoms with Crippen molar-refractivity contribution in [1.82, 2.24) is 4.90 Å². The van der Waals surface area contributed by atoms with E-state index in [1.165, 1.54) is 0 Å². The summed E-state index contributed by atoms with van der Waals surface area (Å²) < 4.78 is 0. The van der Waals surface area contributed by atoms with Crippen molar-refractivity contribution in [2.24, 2.45) is 5.92 Å². The van der Waals surface area contributed by atoms with Gasteiger partial charge in [-0.15, -0.1) is 0 Å². The lowest BCUT2D eigenvalue weighted by Gasteiger charge is -2.27. The molecule has 0 bridgehead atoms. The molecule has 0 spiro atoms. The van der Waals surface area contributed by atoms with Crippen molar-refractivity contribution in [3.05, 3.63) is 0 Å². The van der Waals surface area contributed by atoms with E-state index >= 15 is 0 Å². The molecule has 0 aromatic carbocycles. The highest BCUT2D eigenvalue weighted by atomic mass is 16.4. The van der Waals surface area contributed by atoms with Gasteiger partial charge >= 0.3 is 5.97 Å². The maximum atomic E-state index is 10.3. The molecular formula is C8H12N2O2. The molecule has 1 aliphatic rings. The van der Waals surface area contributed by atoms with E-state index in [0.29, 0.717) is 6.54 Å². The van der Waals surface area contributed by atoms with Crippen LogP contribution in [0.25, 0.3) is 0 Å². The van der Waals surface area contributed by atoms with E-state index in [9.17, 15) is 4.79 Å². The Morgan fingerprint density at radius 3 is 3.08 bits per heavy atom. The van der Waals surface area contributed by atoms with E-state index < -0.39 is 5.97 Å². The quantitative estimate of drug-likeness (QED) is 0.644. The molecule has 1 fully saturated rings. The van der Waals surface area contributed by atoms with Crippen LogP contribution in [0, 0.1) is 17.2 Å². The molecule has 66 valence electrons. The normalized spacial score (nSPS) is 24.8. The third-order valence-corrected chi connectivity index (χ3v) is 2.05. The standard InChI is InChI=1S/C8H12N2O2/c9-4-7-2-1-3-10(5-7)6-8(11)12/h7H,1-3,5-6H2,(H,11,12). The maximum Gasteiger partial charge on any atom is 0.317 e. The number of hydrogen-bond acceptors (Lipinski definition) is 3. The van der Waals surface area contributed by atoms with Gasteiger partial charge in [-0.2, -0.15) is 5.26 Å². The van der Waals surface area contributed by atoms with E-state index in [4.69, 9.17) is 10.4 Å². The van der Waals surface area contributed by atoms with Gasteiger partial charge in [-0.05, 0) is 19.4 Å². The summed E-state index contributed by atoms with van der Waals surface area (Å²) in [4.78, 5) is 12.2. The number of likely N-dealkylation sites (tertiary alicyclic amines) is 1. The minimum Gasteiger partial charge on any atom is -0.480 e. The number of hydrogen-bond donors (Lipinski definition) is 1. The van der Waals surface area contributed by atoms with Gasteiger partial charge in [0.15, 0.2) is 0 Å². The fourth-order valence-corrected chi connectivity index (χ4v) is 1.50. The highest BCUT2D eigenvalue weighted by Gasteiger charge is 2.20. The molecule has 0 radical (unpaired) electrons. The Morgan fingerprint density at radius 2 is 2.50 bits per heavy atom. The second kappa shape index (κ2) is 4.07. The molecule has 0 saturated carbocycles. The SMILES string of the molecule is N#CC1CCCN(CC(=O)O)C1. The Morgan fingerprint density at radius 1 is 1.75 bits per heavy atom. The van der Waals surface area contributed by atoms with E-state index in [1.54, 1.807) is 0 Å². The molecule has 0 aromatic heterocycles. The van der Waals surface area contributed by atoms with Gasteiger partial charge in [-0.3, -0.25) is 9.69 Å². The highest BCUT2D eigenvalue weighted by molar-refractivity contribution is 5.69. The van der Waals surface area contributed by atoms with Crippen molar-refractivity contribution < 1.29 is 9.90 Å². The molecule has 1 atom stereocenters. The molecule has 1 aliphatic heterocycles. The minimum absolute atomic E-state index is 0.0260. The summed E-state index contributed by atoms with van der Waals surface area (Å²) in [6.45, 7) is 1.49. The number of aliphatic carboxylic acids is 1. The Labute approximate surface area is 71.4 Å². The molecule has 1 rings (SSSR count). The van der Waals surface area contributed by atoms with Gasteiger partial charge in [0, 0.05) is 6.54 Å². The number of rotatable bonds is 2. The average molecular weight is 168 g/mol. The van der Waals surface area contributed by atoms with Gasteiger partial charge in [-0.1, -0.05) is 0 Å². The van der Waals surface area contributed by atoms with Crippen LogP contribution in [0.1, 0.15) is 12.8 Å². The fourth-order valence-electron chi connectivity index (χ4n) is 1.50. The van der Waals surface area contributed by atoms with Crippen LogP contribution in [0.15, 0.2) is 0 Å². The molecule has 0 amide bonds. The van der Waals surface area contributed by atoms with Gasteiger partial charge in [-0.25, -0.2) is 0 Å². The molecule has 12 heavy (non-hydrogen) atoms. The predicted molar refractivity (Wildman–Crippen MR) is 42.4 cm³/mol. The van der Waals surface area contributed by atoms with E-state index in [-0.39, 0.29) is 12.5 Å².